The topological polar surface area (TPSA) is 68.0 Å². The second-order valence-electron chi connectivity index (χ2n) is 3.64. The summed E-state index contributed by atoms with van der Waals surface area (Å²) >= 11 is 5.77. The van der Waals surface area contributed by atoms with Crippen LogP contribution in [0, 0.1) is 5.82 Å². The molecule has 0 fully saturated rings. The molecule has 5 nitrogen and oxygen atoms in total. The summed E-state index contributed by atoms with van der Waals surface area (Å²) in [6, 6.07) is 4.09. The van der Waals surface area contributed by atoms with Crippen molar-refractivity contribution < 1.29 is 14.3 Å². The normalized spacial score (nSPS) is 10.6. The van der Waals surface area contributed by atoms with Crippen molar-refractivity contribution in [1.29, 1.82) is 0 Å². The van der Waals surface area contributed by atoms with E-state index in [1.54, 1.807) is 0 Å². The fourth-order valence-corrected chi connectivity index (χ4v) is 1.59. The smallest absolute Gasteiger partial charge is 0.303 e. The van der Waals surface area contributed by atoms with Crippen LogP contribution < -0.4 is 0 Å². The molecule has 1 aromatic carbocycles. The molecule has 1 heterocycles. The Labute approximate surface area is 107 Å². The van der Waals surface area contributed by atoms with Gasteiger partial charge >= 0.3 is 5.97 Å². The minimum absolute atomic E-state index is 0.0449. The van der Waals surface area contributed by atoms with Gasteiger partial charge in [-0.3, -0.25) is 4.79 Å². The number of hydrogen-bond acceptors (Lipinski definition) is 3. The number of carboxylic acid groups (broad SMARTS) is 1. The molecule has 0 aliphatic rings. The summed E-state index contributed by atoms with van der Waals surface area (Å²) < 4.78 is 14.8. The Kier molecular flexibility index (Phi) is 3.57. The molecule has 2 aromatic rings. The Morgan fingerprint density at radius 1 is 1.50 bits per heavy atom. The first-order valence-corrected chi connectivity index (χ1v) is 5.52. The van der Waals surface area contributed by atoms with Gasteiger partial charge in [0.05, 0.1) is 18.3 Å². The van der Waals surface area contributed by atoms with Crippen molar-refractivity contribution >= 4 is 17.6 Å². The number of aryl methyl sites for hydroxylation is 1. The van der Waals surface area contributed by atoms with Gasteiger partial charge in [-0.25, -0.2) is 9.07 Å². The first-order valence-electron chi connectivity index (χ1n) is 5.14. The third kappa shape index (κ3) is 2.84. The third-order valence-electron chi connectivity index (χ3n) is 2.29. The van der Waals surface area contributed by atoms with E-state index in [9.17, 15) is 9.18 Å². The highest BCUT2D eigenvalue weighted by molar-refractivity contribution is 6.30. The molecule has 0 atom stereocenters. The standard InChI is InChI=1S/C11H9ClFN3O2/c12-7-1-3-9(13)10(5-7)16-6-8(14-15-16)2-4-11(17)18/h1,3,5-6H,2,4H2,(H,17,18). The van der Waals surface area contributed by atoms with E-state index in [1.165, 1.54) is 29.1 Å². The van der Waals surface area contributed by atoms with E-state index < -0.39 is 11.8 Å². The second kappa shape index (κ2) is 5.14. The Balaban J connectivity index is 2.23. The number of hydrogen-bond donors (Lipinski definition) is 1. The zero-order valence-corrected chi connectivity index (χ0v) is 9.93. The monoisotopic (exact) mass is 269 g/mol. The van der Waals surface area contributed by atoms with Crippen molar-refractivity contribution in [3.63, 3.8) is 0 Å². The lowest BCUT2D eigenvalue weighted by Gasteiger charge is -2.01. The molecule has 0 saturated heterocycles. The van der Waals surface area contributed by atoms with Crippen LogP contribution in [0.3, 0.4) is 0 Å². The van der Waals surface area contributed by atoms with Gasteiger partial charge < -0.3 is 5.11 Å². The first kappa shape index (κ1) is 12.5. The van der Waals surface area contributed by atoms with Gasteiger partial charge in [-0.2, -0.15) is 0 Å². The number of carbonyl (C=O) groups is 1. The Hall–Kier alpha value is -1.95. The molecule has 94 valence electrons. The summed E-state index contributed by atoms with van der Waals surface area (Å²) in [6.07, 6.45) is 1.69. The molecular weight excluding hydrogens is 261 g/mol. The van der Waals surface area contributed by atoms with Crippen LogP contribution in [-0.2, 0) is 11.2 Å². The van der Waals surface area contributed by atoms with Gasteiger partial charge in [0.15, 0.2) is 0 Å². The van der Waals surface area contributed by atoms with Crippen LogP contribution in [0.1, 0.15) is 12.1 Å². The Morgan fingerprint density at radius 3 is 3.00 bits per heavy atom. The Morgan fingerprint density at radius 2 is 2.28 bits per heavy atom. The highest BCUT2D eigenvalue weighted by atomic mass is 35.5. The van der Waals surface area contributed by atoms with Gasteiger partial charge in [-0.15, -0.1) is 5.10 Å². The predicted molar refractivity (Wildman–Crippen MR) is 62.3 cm³/mol. The highest BCUT2D eigenvalue weighted by Gasteiger charge is 2.09. The van der Waals surface area contributed by atoms with Gasteiger partial charge in [0.1, 0.15) is 11.5 Å². The van der Waals surface area contributed by atoms with Gasteiger partial charge in [-0.1, -0.05) is 16.8 Å². The van der Waals surface area contributed by atoms with Crippen molar-refractivity contribution in [1.82, 2.24) is 15.0 Å². The van der Waals surface area contributed by atoms with Crippen LogP contribution in [0.15, 0.2) is 24.4 Å². The highest BCUT2D eigenvalue weighted by Crippen LogP contribution is 2.18. The van der Waals surface area contributed by atoms with Crippen LogP contribution in [0.25, 0.3) is 5.69 Å². The number of aliphatic carboxylic acids is 1. The molecule has 0 radical (unpaired) electrons. The van der Waals surface area contributed by atoms with Crippen molar-refractivity contribution in [3.8, 4) is 5.69 Å². The molecule has 0 unspecified atom stereocenters. The van der Waals surface area contributed by atoms with Crippen LogP contribution in [0.2, 0.25) is 5.02 Å². The molecule has 0 aliphatic heterocycles. The van der Waals surface area contributed by atoms with E-state index in [2.05, 4.69) is 10.3 Å². The molecule has 0 aliphatic carbocycles. The summed E-state index contributed by atoms with van der Waals surface area (Å²) in [6.45, 7) is 0. The average molecular weight is 270 g/mol. The minimum Gasteiger partial charge on any atom is -0.481 e. The zero-order valence-electron chi connectivity index (χ0n) is 9.18. The van der Waals surface area contributed by atoms with Crippen molar-refractivity contribution in [2.75, 3.05) is 0 Å². The first-order chi connectivity index (χ1) is 8.56. The summed E-state index contributed by atoms with van der Waals surface area (Å²) in [4.78, 5) is 10.4. The quantitative estimate of drug-likeness (QED) is 0.923. The molecule has 7 heteroatoms. The molecule has 0 amide bonds. The van der Waals surface area contributed by atoms with E-state index in [0.717, 1.165) is 0 Å². The van der Waals surface area contributed by atoms with Gasteiger partial charge in [0, 0.05) is 11.4 Å². The minimum atomic E-state index is -0.918. The number of rotatable bonds is 4. The van der Waals surface area contributed by atoms with Crippen molar-refractivity contribution in [2.45, 2.75) is 12.8 Å². The maximum absolute atomic E-state index is 13.5. The maximum atomic E-state index is 13.5. The summed E-state index contributed by atoms with van der Waals surface area (Å²) in [5.41, 5.74) is 0.661. The number of halogens is 2. The fourth-order valence-electron chi connectivity index (χ4n) is 1.43. The van der Waals surface area contributed by atoms with E-state index in [-0.39, 0.29) is 18.5 Å². The molecule has 18 heavy (non-hydrogen) atoms. The average Bonchev–Trinajstić information content (AvgIpc) is 2.78. The molecule has 0 spiro atoms. The SMILES string of the molecule is O=C(O)CCc1cn(-c2cc(Cl)ccc2F)nn1. The van der Waals surface area contributed by atoms with Crippen LogP contribution in [0.4, 0.5) is 4.39 Å². The number of nitrogens with zero attached hydrogens (tertiary/aromatic N) is 3. The number of aromatic nitrogens is 3. The number of benzene rings is 1. The van der Waals surface area contributed by atoms with Crippen molar-refractivity contribution in [2.24, 2.45) is 0 Å². The molecular formula is C11H9ClFN3O2. The predicted octanol–water partition coefficient (Wildman–Crippen LogP) is 2.08. The largest absolute Gasteiger partial charge is 0.481 e. The fraction of sp³-hybridized carbons (Fsp3) is 0.182. The van der Waals surface area contributed by atoms with Crippen LogP contribution in [-0.4, -0.2) is 26.1 Å². The molecule has 0 saturated carbocycles. The van der Waals surface area contributed by atoms with Gasteiger partial charge in [0.2, 0.25) is 0 Å². The molecule has 2 rings (SSSR count). The molecule has 1 N–H and O–H groups in total. The summed E-state index contributed by atoms with van der Waals surface area (Å²) in [5.74, 6) is -1.40. The Bertz CT molecular complexity index is 585. The van der Waals surface area contributed by atoms with Crippen molar-refractivity contribution in [3.05, 3.63) is 40.9 Å². The number of carboxylic acids is 1. The molecule has 1 aromatic heterocycles. The van der Waals surface area contributed by atoms with E-state index in [0.29, 0.717) is 10.7 Å². The van der Waals surface area contributed by atoms with E-state index in [4.69, 9.17) is 16.7 Å². The lowest BCUT2D eigenvalue weighted by Crippen LogP contribution is -1.98. The zero-order chi connectivity index (χ0) is 13.1. The summed E-state index contributed by atoms with van der Waals surface area (Å²) in [5, 5.41) is 16.4. The van der Waals surface area contributed by atoms with Gasteiger partial charge in [-0.05, 0) is 18.2 Å². The maximum Gasteiger partial charge on any atom is 0.303 e. The lowest BCUT2D eigenvalue weighted by atomic mass is 10.2. The van der Waals surface area contributed by atoms with E-state index >= 15 is 0 Å². The van der Waals surface area contributed by atoms with E-state index in [1.807, 2.05) is 0 Å². The van der Waals surface area contributed by atoms with Crippen LogP contribution >= 0.6 is 11.6 Å². The lowest BCUT2D eigenvalue weighted by molar-refractivity contribution is -0.136. The summed E-state index contributed by atoms with van der Waals surface area (Å²) in [7, 11) is 0. The van der Waals surface area contributed by atoms with Gasteiger partial charge in [0.25, 0.3) is 0 Å². The second-order valence-corrected chi connectivity index (χ2v) is 4.08. The van der Waals surface area contributed by atoms with Crippen LogP contribution in [0.5, 0.6) is 0 Å². The third-order valence-corrected chi connectivity index (χ3v) is 2.53. The molecule has 0 bridgehead atoms.